The van der Waals surface area contributed by atoms with Crippen LogP contribution in [0.1, 0.15) is 24.3 Å². The summed E-state index contributed by atoms with van der Waals surface area (Å²) < 4.78 is 0. The molecule has 0 radical (unpaired) electrons. The number of hydrogen-bond acceptors (Lipinski definition) is 2. The van der Waals surface area contributed by atoms with Crippen LogP contribution in [0.15, 0.2) is 12.3 Å². The van der Waals surface area contributed by atoms with Gasteiger partial charge in [-0.15, -0.1) is 0 Å². The van der Waals surface area contributed by atoms with Crippen molar-refractivity contribution in [3.63, 3.8) is 0 Å². The van der Waals surface area contributed by atoms with Crippen molar-refractivity contribution in [3.05, 3.63) is 23.0 Å². The van der Waals surface area contributed by atoms with E-state index >= 15 is 0 Å². The van der Waals surface area contributed by atoms with Crippen molar-refractivity contribution in [2.75, 3.05) is 0 Å². The topological polar surface area (TPSA) is 65.1 Å². The molecule has 0 saturated heterocycles. The quantitative estimate of drug-likeness (QED) is 0.710. The van der Waals surface area contributed by atoms with Gasteiger partial charge in [0.05, 0.1) is 17.2 Å². The zero-order chi connectivity index (χ0) is 10.7. The maximum absolute atomic E-state index is 11.5. The van der Waals surface area contributed by atoms with Crippen molar-refractivity contribution in [2.24, 2.45) is 0 Å². The second-order valence-electron chi connectivity index (χ2n) is 3.23. The largest absolute Gasteiger partial charge is 0.391 e. The van der Waals surface area contributed by atoms with Gasteiger partial charge < -0.3 is 15.4 Å². The lowest BCUT2D eigenvalue weighted by atomic mass is 10.2. The first-order valence-electron chi connectivity index (χ1n) is 4.33. The number of aromatic nitrogens is 1. The summed E-state index contributed by atoms with van der Waals surface area (Å²) >= 11 is 5.64. The molecule has 1 amide bonds. The zero-order valence-electron chi connectivity index (χ0n) is 8.04. The highest BCUT2D eigenvalue weighted by Crippen LogP contribution is 2.09. The summed E-state index contributed by atoms with van der Waals surface area (Å²) in [5.74, 6) is -0.273. The Morgan fingerprint density at radius 3 is 2.71 bits per heavy atom. The van der Waals surface area contributed by atoms with Crippen LogP contribution in [-0.2, 0) is 0 Å². The van der Waals surface area contributed by atoms with Gasteiger partial charge in [0, 0.05) is 6.20 Å². The van der Waals surface area contributed by atoms with Gasteiger partial charge in [0.1, 0.15) is 5.69 Å². The number of aromatic amines is 1. The molecule has 1 aromatic rings. The van der Waals surface area contributed by atoms with Gasteiger partial charge in [0.2, 0.25) is 0 Å². The smallest absolute Gasteiger partial charge is 0.268 e. The predicted molar refractivity (Wildman–Crippen MR) is 54.4 cm³/mol. The van der Waals surface area contributed by atoms with Gasteiger partial charge in [0.25, 0.3) is 5.91 Å². The predicted octanol–water partition coefficient (Wildman–Crippen LogP) is 1.17. The first kappa shape index (κ1) is 11.1. The van der Waals surface area contributed by atoms with Crippen LogP contribution in [-0.4, -0.2) is 28.1 Å². The molecule has 0 spiro atoms. The average molecular weight is 217 g/mol. The van der Waals surface area contributed by atoms with Crippen LogP contribution in [0, 0.1) is 0 Å². The first-order valence-corrected chi connectivity index (χ1v) is 4.71. The minimum Gasteiger partial charge on any atom is -0.391 e. The van der Waals surface area contributed by atoms with Crippen molar-refractivity contribution < 1.29 is 9.90 Å². The molecule has 4 nitrogen and oxygen atoms in total. The molecule has 0 aliphatic heterocycles. The molecule has 0 aromatic carbocycles. The fourth-order valence-electron chi connectivity index (χ4n) is 0.904. The molecular formula is C9H13ClN2O2. The summed E-state index contributed by atoms with van der Waals surface area (Å²) in [6.07, 6.45) is 0.952. The fraction of sp³-hybridized carbons (Fsp3) is 0.444. The zero-order valence-corrected chi connectivity index (χ0v) is 8.80. The highest BCUT2D eigenvalue weighted by atomic mass is 35.5. The first-order chi connectivity index (χ1) is 6.50. The highest BCUT2D eigenvalue weighted by Gasteiger charge is 2.14. The van der Waals surface area contributed by atoms with Crippen molar-refractivity contribution in [1.82, 2.24) is 10.3 Å². The number of halogens is 1. The Balaban J connectivity index is 2.59. The molecule has 2 atom stereocenters. The number of hydrogen-bond donors (Lipinski definition) is 3. The van der Waals surface area contributed by atoms with E-state index in [-0.39, 0.29) is 11.9 Å². The van der Waals surface area contributed by atoms with Crippen molar-refractivity contribution in [2.45, 2.75) is 26.0 Å². The number of nitrogens with one attached hydrogen (secondary N) is 2. The average Bonchev–Trinajstić information content (AvgIpc) is 2.51. The Morgan fingerprint density at radius 1 is 1.64 bits per heavy atom. The molecule has 0 fully saturated rings. The van der Waals surface area contributed by atoms with E-state index in [1.165, 1.54) is 12.3 Å². The van der Waals surface area contributed by atoms with Crippen LogP contribution in [0.3, 0.4) is 0 Å². The van der Waals surface area contributed by atoms with Gasteiger partial charge in [0.15, 0.2) is 0 Å². The molecule has 14 heavy (non-hydrogen) atoms. The molecule has 78 valence electrons. The molecule has 5 heteroatoms. The van der Waals surface area contributed by atoms with E-state index < -0.39 is 6.10 Å². The molecule has 0 aliphatic carbocycles. The highest BCUT2D eigenvalue weighted by molar-refractivity contribution is 6.30. The number of carbonyl (C=O) groups excluding carboxylic acids is 1. The second kappa shape index (κ2) is 4.48. The Hall–Kier alpha value is -1.00. The normalized spacial score (nSPS) is 14.9. The van der Waals surface area contributed by atoms with Gasteiger partial charge in [-0.1, -0.05) is 11.6 Å². The van der Waals surface area contributed by atoms with E-state index in [2.05, 4.69) is 10.3 Å². The maximum atomic E-state index is 11.5. The van der Waals surface area contributed by atoms with E-state index in [0.717, 1.165) is 0 Å². The SMILES string of the molecule is CC(O)C(C)NC(=O)c1cc(Cl)c[nH]1. The molecule has 0 aliphatic rings. The lowest BCUT2D eigenvalue weighted by Crippen LogP contribution is -2.39. The third-order valence-electron chi connectivity index (χ3n) is 1.97. The number of H-pyrrole nitrogens is 1. The summed E-state index contributed by atoms with van der Waals surface area (Å²) in [4.78, 5) is 14.2. The minimum atomic E-state index is -0.579. The van der Waals surface area contributed by atoms with Crippen molar-refractivity contribution in [1.29, 1.82) is 0 Å². The third kappa shape index (κ3) is 2.75. The maximum Gasteiger partial charge on any atom is 0.268 e. The van der Waals surface area contributed by atoms with Crippen LogP contribution in [0.5, 0.6) is 0 Å². The molecular weight excluding hydrogens is 204 g/mol. The molecule has 3 N–H and O–H groups in total. The Labute approximate surface area is 87.3 Å². The van der Waals surface area contributed by atoms with Crippen LogP contribution in [0.2, 0.25) is 5.02 Å². The molecule has 2 unspecified atom stereocenters. The minimum absolute atomic E-state index is 0.273. The number of carbonyl (C=O) groups is 1. The summed E-state index contributed by atoms with van der Waals surface area (Å²) in [5, 5.41) is 12.3. The number of aliphatic hydroxyl groups is 1. The Morgan fingerprint density at radius 2 is 2.29 bits per heavy atom. The molecule has 0 bridgehead atoms. The molecule has 1 aromatic heterocycles. The van der Waals surface area contributed by atoms with Gasteiger partial charge >= 0.3 is 0 Å². The number of aliphatic hydroxyl groups excluding tert-OH is 1. The van der Waals surface area contributed by atoms with E-state index in [9.17, 15) is 9.90 Å². The summed E-state index contributed by atoms with van der Waals surface area (Å²) in [5.41, 5.74) is 0.391. The third-order valence-corrected chi connectivity index (χ3v) is 2.19. The molecule has 1 rings (SSSR count). The molecule has 1 heterocycles. The standard InChI is InChI=1S/C9H13ClN2O2/c1-5(6(2)13)12-9(14)8-3-7(10)4-11-8/h3-6,11,13H,1-2H3,(H,12,14). The lowest BCUT2D eigenvalue weighted by molar-refractivity contribution is 0.0869. The van der Waals surface area contributed by atoms with Crippen LogP contribution >= 0.6 is 11.6 Å². The summed E-state index contributed by atoms with van der Waals surface area (Å²) in [7, 11) is 0. The number of rotatable bonds is 3. The number of amides is 1. The molecule has 0 saturated carbocycles. The van der Waals surface area contributed by atoms with Crippen LogP contribution in [0.25, 0.3) is 0 Å². The monoisotopic (exact) mass is 216 g/mol. The van der Waals surface area contributed by atoms with Crippen molar-refractivity contribution >= 4 is 17.5 Å². The van der Waals surface area contributed by atoms with E-state index in [1.54, 1.807) is 13.8 Å². The van der Waals surface area contributed by atoms with Gasteiger partial charge in [-0.3, -0.25) is 4.79 Å². The van der Waals surface area contributed by atoms with Gasteiger partial charge in [-0.25, -0.2) is 0 Å². The van der Waals surface area contributed by atoms with E-state index in [0.29, 0.717) is 10.7 Å². The van der Waals surface area contributed by atoms with E-state index in [1.807, 2.05) is 0 Å². The Kier molecular flexibility index (Phi) is 3.55. The summed E-state index contributed by atoms with van der Waals surface area (Å²) in [6, 6.07) is 1.25. The van der Waals surface area contributed by atoms with Crippen molar-refractivity contribution in [3.8, 4) is 0 Å². The van der Waals surface area contributed by atoms with E-state index in [4.69, 9.17) is 11.6 Å². The van der Waals surface area contributed by atoms with Gasteiger partial charge in [-0.05, 0) is 19.9 Å². The second-order valence-corrected chi connectivity index (χ2v) is 3.67. The van der Waals surface area contributed by atoms with Crippen LogP contribution in [0.4, 0.5) is 0 Å². The van der Waals surface area contributed by atoms with Gasteiger partial charge in [-0.2, -0.15) is 0 Å². The lowest BCUT2D eigenvalue weighted by Gasteiger charge is -2.15. The fourth-order valence-corrected chi connectivity index (χ4v) is 1.07. The summed E-state index contributed by atoms with van der Waals surface area (Å²) in [6.45, 7) is 3.35. The Bertz CT molecular complexity index is 322. The van der Waals surface area contributed by atoms with Crippen LogP contribution < -0.4 is 5.32 Å².